The first kappa shape index (κ1) is 9.64. The highest BCUT2D eigenvalue weighted by Crippen LogP contribution is 2.20. The van der Waals surface area contributed by atoms with Gasteiger partial charge in [-0.25, -0.2) is 0 Å². The van der Waals surface area contributed by atoms with E-state index in [1.54, 1.807) is 6.20 Å². The van der Waals surface area contributed by atoms with Crippen LogP contribution in [0.3, 0.4) is 0 Å². The van der Waals surface area contributed by atoms with E-state index >= 15 is 0 Å². The van der Waals surface area contributed by atoms with Crippen LogP contribution in [-0.4, -0.2) is 14.8 Å². The van der Waals surface area contributed by atoms with Gasteiger partial charge in [0.2, 0.25) is 0 Å². The normalized spacial score (nSPS) is 11.1. The van der Waals surface area contributed by atoms with E-state index in [0.717, 1.165) is 21.2 Å². The Hall–Kier alpha value is -0.910. The minimum Gasteiger partial charge on any atom is -0.345 e. The second-order valence-corrected chi connectivity index (χ2v) is 4.00. The molecule has 0 atom stereocenters. The molecule has 0 bridgehead atoms. The molecule has 0 aliphatic rings. The lowest BCUT2D eigenvalue weighted by atomic mass is 10.4. The quantitative estimate of drug-likeness (QED) is 0.806. The maximum Gasteiger partial charge on any atom is 0.0885 e. The van der Waals surface area contributed by atoms with Crippen molar-refractivity contribution in [3.8, 4) is 0 Å². The van der Waals surface area contributed by atoms with Gasteiger partial charge in [-0.3, -0.25) is 4.98 Å². The van der Waals surface area contributed by atoms with Gasteiger partial charge in [-0.1, -0.05) is 0 Å². The monoisotopic (exact) mass is 255 g/mol. The summed E-state index contributed by atoms with van der Waals surface area (Å²) in [5.41, 5.74) is 5.11. The van der Waals surface area contributed by atoms with Crippen LogP contribution < -0.4 is 5.48 Å². The first-order chi connectivity index (χ1) is 6.72. The van der Waals surface area contributed by atoms with Crippen LogP contribution in [0.1, 0.15) is 5.69 Å². The number of halogens is 1. The fourth-order valence-corrected chi connectivity index (χ4v) is 1.80. The van der Waals surface area contributed by atoms with Gasteiger partial charge in [-0.2, -0.15) is 5.48 Å². The van der Waals surface area contributed by atoms with Crippen LogP contribution in [0.15, 0.2) is 22.8 Å². The Balaban J connectivity index is 2.62. The van der Waals surface area contributed by atoms with E-state index in [1.165, 1.54) is 0 Å². The number of hydrogen-bond acceptors (Lipinski definition) is 3. The lowest BCUT2D eigenvalue weighted by Gasteiger charge is -2.01. The van der Waals surface area contributed by atoms with Crippen LogP contribution >= 0.6 is 15.9 Å². The highest BCUT2D eigenvalue weighted by atomic mass is 79.9. The fourth-order valence-electron chi connectivity index (χ4n) is 1.48. The summed E-state index contributed by atoms with van der Waals surface area (Å²) >= 11 is 3.37. The van der Waals surface area contributed by atoms with Crippen LogP contribution in [0.4, 0.5) is 0 Å². The lowest BCUT2D eigenvalue weighted by molar-refractivity contribution is 0.159. The van der Waals surface area contributed by atoms with Crippen LogP contribution in [-0.2, 0) is 13.6 Å². The Labute approximate surface area is 89.6 Å². The molecule has 0 amide bonds. The molecule has 2 rings (SSSR count). The smallest absolute Gasteiger partial charge is 0.0885 e. The summed E-state index contributed by atoms with van der Waals surface area (Å²) in [6.45, 7) is 0.421. The van der Waals surface area contributed by atoms with E-state index in [0.29, 0.717) is 6.54 Å². The molecule has 4 nitrogen and oxygen atoms in total. The molecule has 5 heteroatoms. The number of fused-ring (bicyclic) bond motifs is 1. The van der Waals surface area contributed by atoms with E-state index in [9.17, 15) is 0 Å². The molecular weight excluding hydrogens is 246 g/mol. The Morgan fingerprint density at radius 3 is 3.07 bits per heavy atom. The van der Waals surface area contributed by atoms with Crippen LogP contribution in [0.5, 0.6) is 0 Å². The Bertz CT molecular complexity index is 466. The lowest BCUT2D eigenvalue weighted by Crippen LogP contribution is -2.09. The van der Waals surface area contributed by atoms with Gasteiger partial charge in [0, 0.05) is 23.4 Å². The standard InChI is InChI=1S/C9H10BrN3O/c1-13-7(5-12-14)3-8-9(13)2-6(10)4-11-8/h2-4,12,14H,5H2,1H3. The Morgan fingerprint density at radius 1 is 1.57 bits per heavy atom. The SMILES string of the molecule is Cn1c(CNO)cc2ncc(Br)cc21. The first-order valence-electron chi connectivity index (χ1n) is 4.19. The molecule has 14 heavy (non-hydrogen) atoms. The molecule has 0 saturated carbocycles. The highest BCUT2D eigenvalue weighted by Gasteiger charge is 2.06. The average Bonchev–Trinajstić information content (AvgIpc) is 2.46. The number of hydroxylamine groups is 1. The van der Waals surface area contributed by atoms with Gasteiger partial charge in [0.25, 0.3) is 0 Å². The molecule has 0 aliphatic carbocycles. The Morgan fingerprint density at radius 2 is 2.36 bits per heavy atom. The van der Waals surface area contributed by atoms with E-state index in [1.807, 2.05) is 23.7 Å². The molecule has 0 aliphatic heterocycles. The zero-order valence-corrected chi connectivity index (χ0v) is 9.24. The number of pyridine rings is 1. The van der Waals surface area contributed by atoms with Gasteiger partial charge in [-0.15, -0.1) is 0 Å². The van der Waals surface area contributed by atoms with Crippen LogP contribution in [0.2, 0.25) is 0 Å². The van der Waals surface area contributed by atoms with Crippen molar-refractivity contribution >= 4 is 27.0 Å². The first-order valence-corrected chi connectivity index (χ1v) is 4.98. The van der Waals surface area contributed by atoms with Crippen molar-refractivity contribution in [2.24, 2.45) is 7.05 Å². The summed E-state index contributed by atoms with van der Waals surface area (Å²) < 4.78 is 2.95. The van der Waals surface area contributed by atoms with E-state index < -0.39 is 0 Å². The molecule has 0 aromatic carbocycles. The minimum absolute atomic E-state index is 0.421. The van der Waals surface area contributed by atoms with Crippen LogP contribution in [0.25, 0.3) is 11.0 Å². The maximum atomic E-state index is 8.63. The molecule has 2 aromatic rings. The number of nitrogens with zero attached hydrogens (tertiary/aromatic N) is 2. The van der Waals surface area contributed by atoms with E-state index in [-0.39, 0.29) is 0 Å². The summed E-state index contributed by atoms with van der Waals surface area (Å²) in [7, 11) is 1.95. The van der Waals surface area contributed by atoms with Crippen molar-refractivity contribution in [1.82, 2.24) is 15.0 Å². The third-order valence-corrected chi connectivity index (χ3v) is 2.65. The van der Waals surface area contributed by atoms with Gasteiger partial charge >= 0.3 is 0 Å². The highest BCUT2D eigenvalue weighted by molar-refractivity contribution is 9.10. The largest absolute Gasteiger partial charge is 0.345 e. The summed E-state index contributed by atoms with van der Waals surface area (Å²) in [5, 5.41) is 8.63. The van der Waals surface area contributed by atoms with E-state index in [4.69, 9.17) is 5.21 Å². The van der Waals surface area contributed by atoms with Gasteiger partial charge in [0.05, 0.1) is 17.6 Å². The number of nitrogens with one attached hydrogen (secondary N) is 1. The van der Waals surface area contributed by atoms with Crippen molar-refractivity contribution in [2.45, 2.75) is 6.54 Å². The molecule has 2 N–H and O–H groups in total. The van der Waals surface area contributed by atoms with Crippen molar-refractivity contribution in [3.63, 3.8) is 0 Å². The van der Waals surface area contributed by atoms with Crippen molar-refractivity contribution in [2.75, 3.05) is 0 Å². The molecule has 74 valence electrons. The summed E-state index contributed by atoms with van der Waals surface area (Å²) in [5.74, 6) is 0. The minimum atomic E-state index is 0.421. The van der Waals surface area contributed by atoms with Gasteiger partial charge < -0.3 is 9.77 Å². The van der Waals surface area contributed by atoms with Crippen molar-refractivity contribution in [3.05, 3.63) is 28.5 Å². The predicted octanol–water partition coefficient (Wildman–Crippen LogP) is 1.81. The van der Waals surface area contributed by atoms with Crippen LogP contribution in [0, 0.1) is 0 Å². The average molecular weight is 256 g/mol. The molecule has 0 fully saturated rings. The van der Waals surface area contributed by atoms with Crippen molar-refractivity contribution in [1.29, 1.82) is 0 Å². The molecule has 0 saturated heterocycles. The third kappa shape index (κ3) is 1.54. The maximum absolute atomic E-state index is 8.63. The summed E-state index contributed by atoms with van der Waals surface area (Å²) in [4.78, 5) is 4.27. The molecule has 2 aromatic heterocycles. The predicted molar refractivity (Wildman–Crippen MR) is 57.0 cm³/mol. The molecule has 0 unspecified atom stereocenters. The number of hydrogen-bond donors (Lipinski definition) is 2. The number of aromatic nitrogens is 2. The second-order valence-electron chi connectivity index (χ2n) is 3.09. The van der Waals surface area contributed by atoms with Crippen molar-refractivity contribution < 1.29 is 5.21 Å². The summed E-state index contributed by atoms with van der Waals surface area (Å²) in [6.07, 6.45) is 1.76. The Kier molecular flexibility index (Phi) is 2.54. The molecule has 2 heterocycles. The summed E-state index contributed by atoms with van der Waals surface area (Å²) in [6, 6.07) is 3.95. The zero-order valence-electron chi connectivity index (χ0n) is 7.66. The number of aryl methyl sites for hydroxylation is 1. The topological polar surface area (TPSA) is 50.1 Å². The second kappa shape index (κ2) is 3.68. The third-order valence-electron chi connectivity index (χ3n) is 2.22. The molecule has 0 radical (unpaired) electrons. The zero-order chi connectivity index (χ0) is 10.1. The molecular formula is C9H10BrN3O. The van der Waals surface area contributed by atoms with Gasteiger partial charge in [0.1, 0.15) is 0 Å². The fraction of sp³-hybridized carbons (Fsp3) is 0.222. The molecule has 0 spiro atoms. The number of rotatable bonds is 2. The van der Waals surface area contributed by atoms with E-state index in [2.05, 4.69) is 26.4 Å². The van der Waals surface area contributed by atoms with Gasteiger partial charge in [0.15, 0.2) is 0 Å². The van der Waals surface area contributed by atoms with Gasteiger partial charge in [-0.05, 0) is 28.1 Å².